The van der Waals surface area contributed by atoms with Crippen LogP contribution in [0.4, 0.5) is 0 Å². The average Bonchev–Trinajstić information content (AvgIpc) is 2.77. The summed E-state index contributed by atoms with van der Waals surface area (Å²) in [6.45, 7) is 0. The summed E-state index contributed by atoms with van der Waals surface area (Å²) in [5, 5.41) is 19.1. The number of carbonyl (C=O) groups is 1. The van der Waals surface area contributed by atoms with E-state index in [-0.39, 0.29) is 29.3 Å². The zero-order chi connectivity index (χ0) is 13.9. The third-order valence-corrected chi connectivity index (χ3v) is 4.16. The van der Waals surface area contributed by atoms with Crippen LogP contribution >= 0.6 is 0 Å². The van der Waals surface area contributed by atoms with Crippen LogP contribution < -0.4 is 4.74 Å². The molecule has 4 heteroatoms. The van der Waals surface area contributed by atoms with Gasteiger partial charge in [-0.05, 0) is 41.3 Å². The van der Waals surface area contributed by atoms with Crippen molar-refractivity contribution in [3.63, 3.8) is 0 Å². The maximum absolute atomic E-state index is 12.2. The molecule has 2 atom stereocenters. The number of phenols is 2. The molecule has 0 fully saturated rings. The molecular weight excluding hydrogens is 256 g/mol. The predicted octanol–water partition coefficient (Wildman–Crippen LogP) is 2.44. The van der Waals surface area contributed by atoms with Crippen molar-refractivity contribution in [2.75, 3.05) is 0 Å². The number of rotatable bonds is 0. The number of ether oxygens (including phenoxy) is 1. The molecule has 2 unspecified atom stereocenters. The second-order valence-corrected chi connectivity index (χ2v) is 5.31. The Kier molecular flexibility index (Phi) is 2.13. The van der Waals surface area contributed by atoms with Crippen LogP contribution in [0.1, 0.15) is 28.5 Å². The summed E-state index contributed by atoms with van der Waals surface area (Å²) in [6.07, 6.45) is 0.696. The summed E-state index contributed by atoms with van der Waals surface area (Å²) in [6, 6.07) is 9.99. The zero-order valence-corrected chi connectivity index (χ0v) is 10.5. The normalized spacial score (nSPS) is 22.7. The van der Waals surface area contributed by atoms with E-state index in [9.17, 15) is 15.0 Å². The van der Waals surface area contributed by atoms with Crippen LogP contribution in [0, 0.1) is 0 Å². The van der Waals surface area contributed by atoms with E-state index in [2.05, 4.69) is 0 Å². The molecular formula is C16H12O4. The van der Waals surface area contributed by atoms with E-state index in [1.165, 1.54) is 6.07 Å². The molecule has 0 spiro atoms. The molecule has 1 aliphatic carbocycles. The van der Waals surface area contributed by atoms with Gasteiger partial charge < -0.3 is 14.9 Å². The monoisotopic (exact) mass is 268 g/mol. The van der Waals surface area contributed by atoms with E-state index >= 15 is 0 Å². The van der Waals surface area contributed by atoms with Crippen LogP contribution in [-0.2, 0) is 11.2 Å². The number of hydrogen-bond donors (Lipinski definition) is 2. The fourth-order valence-corrected chi connectivity index (χ4v) is 3.31. The Bertz CT molecular complexity index is 735. The molecule has 20 heavy (non-hydrogen) atoms. The zero-order valence-electron chi connectivity index (χ0n) is 10.5. The summed E-state index contributed by atoms with van der Waals surface area (Å²) >= 11 is 0. The summed E-state index contributed by atoms with van der Waals surface area (Å²) in [4.78, 5) is 12.2. The molecule has 0 aromatic heterocycles. The van der Waals surface area contributed by atoms with E-state index in [0.717, 1.165) is 16.7 Å². The van der Waals surface area contributed by atoms with E-state index in [0.29, 0.717) is 12.2 Å². The van der Waals surface area contributed by atoms with Crippen molar-refractivity contribution in [3.05, 3.63) is 53.1 Å². The number of fused-ring (bicyclic) bond motifs is 5. The van der Waals surface area contributed by atoms with Gasteiger partial charge in [0.1, 0.15) is 17.2 Å². The molecule has 0 saturated carbocycles. The summed E-state index contributed by atoms with van der Waals surface area (Å²) in [5.41, 5.74) is 2.84. The molecule has 1 aliphatic heterocycles. The maximum atomic E-state index is 12.2. The number of carbonyl (C=O) groups excluding carboxylic acids is 1. The third kappa shape index (κ3) is 1.45. The van der Waals surface area contributed by atoms with E-state index < -0.39 is 0 Å². The highest BCUT2D eigenvalue weighted by Gasteiger charge is 2.44. The van der Waals surface area contributed by atoms with Gasteiger partial charge in [0.2, 0.25) is 0 Å². The first-order chi connectivity index (χ1) is 9.63. The summed E-state index contributed by atoms with van der Waals surface area (Å²) in [7, 11) is 0. The van der Waals surface area contributed by atoms with Crippen LogP contribution in [-0.4, -0.2) is 16.2 Å². The van der Waals surface area contributed by atoms with Crippen molar-refractivity contribution in [2.45, 2.75) is 18.3 Å². The lowest BCUT2D eigenvalue weighted by molar-refractivity contribution is -0.137. The van der Waals surface area contributed by atoms with Gasteiger partial charge in [-0.15, -0.1) is 0 Å². The Morgan fingerprint density at radius 2 is 1.70 bits per heavy atom. The molecule has 2 N–H and O–H groups in total. The van der Waals surface area contributed by atoms with E-state index in [4.69, 9.17) is 4.74 Å². The molecule has 0 amide bonds. The van der Waals surface area contributed by atoms with Gasteiger partial charge in [-0.1, -0.05) is 12.1 Å². The van der Waals surface area contributed by atoms with Crippen LogP contribution in [0.2, 0.25) is 0 Å². The minimum absolute atomic E-state index is 0.0173. The van der Waals surface area contributed by atoms with Crippen LogP contribution in [0.5, 0.6) is 17.2 Å². The van der Waals surface area contributed by atoms with Gasteiger partial charge in [-0.25, -0.2) is 0 Å². The van der Waals surface area contributed by atoms with Crippen molar-refractivity contribution in [3.8, 4) is 17.2 Å². The molecule has 0 bridgehead atoms. The molecule has 1 heterocycles. The van der Waals surface area contributed by atoms with Crippen LogP contribution in [0.25, 0.3) is 0 Å². The number of benzene rings is 2. The van der Waals surface area contributed by atoms with Crippen molar-refractivity contribution in [2.24, 2.45) is 0 Å². The van der Waals surface area contributed by atoms with Crippen molar-refractivity contribution in [1.82, 2.24) is 0 Å². The second kappa shape index (κ2) is 3.76. The fourth-order valence-electron chi connectivity index (χ4n) is 3.31. The standard InChI is InChI=1S/C16H12O4/c17-9-1-3-11-8(5-9)6-13-12-4-2-10(18)7-14(12)20-16(19)15(11)13/h1-5,7,13,15,17-18H,6H2. The van der Waals surface area contributed by atoms with Gasteiger partial charge in [0, 0.05) is 12.0 Å². The predicted molar refractivity (Wildman–Crippen MR) is 71.0 cm³/mol. The largest absolute Gasteiger partial charge is 0.508 e. The first kappa shape index (κ1) is 11.3. The lowest BCUT2D eigenvalue weighted by Gasteiger charge is -2.27. The number of phenolic OH excluding ortho intramolecular Hbond substituents is 2. The lowest BCUT2D eigenvalue weighted by atomic mass is 9.84. The molecule has 2 aromatic rings. The van der Waals surface area contributed by atoms with Crippen molar-refractivity contribution in [1.29, 1.82) is 0 Å². The second-order valence-electron chi connectivity index (χ2n) is 5.31. The van der Waals surface area contributed by atoms with Gasteiger partial charge >= 0.3 is 5.97 Å². The minimum Gasteiger partial charge on any atom is -0.508 e. The molecule has 2 aliphatic rings. The SMILES string of the molecule is O=C1Oc2cc(O)ccc2C2Cc3cc(O)ccc3C12. The quantitative estimate of drug-likeness (QED) is 0.569. The van der Waals surface area contributed by atoms with Crippen molar-refractivity contribution >= 4 is 5.97 Å². The molecule has 4 nitrogen and oxygen atoms in total. The van der Waals surface area contributed by atoms with Gasteiger partial charge in [-0.3, -0.25) is 4.79 Å². The first-order valence-electron chi connectivity index (χ1n) is 6.50. The van der Waals surface area contributed by atoms with Crippen molar-refractivity contribution < 1.29 is 19.7 Å². The Morgan fingerprint density at radius 1 is 1.00 bits per heavy atom. The Hall–Kier alpha value is -2.49. The smallest absolute Gasteiger partial charge is 0.319 e. The highest BCUT2D eigenvalue weighted by atomic mass is 16.5. The Balaban J connectivity index is 1.88. The number of aromatic hydroxyl groups is 2. The van der Waals surface area contributed by atoms with E-state index in [1.54, 1.807) is 30.3 Å². The maximum Gasteiger partial charge on any atom is 0.319 e. The number of esters is 1. The lowest BCUT2D eigenvalue weighted by Crippen LogP contribution is -2.27. The van der Waals surface area contributed by atoms with Gasteiger partial charge in [0.25, 0.3) is 0 Å². The highest BCUT2D eigenvalue weighted by molar-refractivity contribution is 5.86. The molecule has 0 radical (unpaired) electrons. The molecule has 100 valence electrons. The van der Waals surface area contributed by atoms with Gasteiger partial charge in [0.05, 0.1) is 5.92 Å². The Labute approximate surface area is 115 Å². The third-order valence-electron chi connectivity index (χ3n) is 4.16. The molecule has 4 rings (SSSR count). The highest BCUT2D eigenvalue weighted by Crippen LogP contribution is 2.51. The van der Waals surface area contributed by atoms with Crippen LogP contribution in [0.3, 0.4) is 0 Å². The average molecular weight is 268 g/mol. The van der Waals surface area contributed by atoms with Crippen LogP contribution in [0.15, 0.2) is 36.4 Å². The number of hydrogen-bond acceptors (Lipinski definition) is 4. The van der Waals surface area contributed by atoms with Gasteiger partial charge in [-0.2, -0.15) is 0 Å². The Morgan fingerprint density at radius 3 is 2.50 bits per heavy atom. The summed E-state index contributed by atoms with van der Waals surface area (Å²) in [5.74, 6) is 0.141. The first-order valence-corrected chi connectivity index (χ1v) is 6.50. The molecule has 2 aromatic carbocycles. The molecule has 0 saturated heterocycles. The van der Waals surface area contributed by atoms with E-state index in [1.807, 2.05) is 0 Å². The summed E-state index contributed by atoms with van der Waals surface area (Å²) < 4.78 is 5.35. The van der Waals surface area contributed by atoms with Gasteiger partial charge in [0.15, 0.2) is 0 Å². The fraction of sp³-hybridized carbons (Fsp3) is 0.188. The topological polar surface area (TPSA) is 66.8 Å². The minimum atomic E-state index is -0.317.